The Kier molecular flexibility index (Phi) is 9.47. The molecule has 71 heavy (non-hydrogen) atoms. The van der Waals surface area contributed by atoms with Crippen LogP contribution in [-0.2, 0) is 5.41 Å². The van der Waals surface area contributed by atoms with Gasteiger partial charge < -0.3 is 9.47 Å². The highest BCUT2D eigenvalue weighted by Gasteiger charge is 2.46. The maximum atomic E-state index is 2.46. The van der Waals surface area contributed by atoms with Crippen LogP contribution in [0.25, 0.3) is 82.4 Å². The molecule has 0 fully saturated rings. The van der Waals surface area contributed by atoms with Crippen LogP contribution >= 0.6 is 0 Å². The molecule has 12 aromatic carbocycles. The Bertz CT molecular complexity index is 4090. The Balaban J connectivity index is 0.929. The molecule has 0 unspecified atom stereocenters. The summed E-state index contributed by atoms with van der Waals surface area (Å²) in [4.78, 5) is 2.44. The van der Waals surface area contributed by atoms with E-state index in [0.29, 0.717) is 0 Å². The standard InChI is InChI=1S/C69H46N2/c1-4-18-51(19-5-1)69(52-20-6-2-7-21-52)65-29-14-12-25-61(65)62-43-41-56(46-66(62)69)70(55-39-33-49(34-40-55)58-27-16-28-59-57-24-11-10-17-48(57)35-42-60(58)59)54-37-31-47(32-38-54)50-36-44-68-64(45-50)63-26-13-15-30-67(63)71(68)53-22-8-3-9-23-53/h1-46H. The van der Waals surface area contributed by atoms with E-state index in [1.54, 1.807) is 0 Å². The molecule has 0 spiro atoms. The first-order valence-electron chi connectivity index (χ1n) is 24.6. The lowest BCUT2D eigenvalue weighted by atomic mass is 9.67. The molecule has 0 aliphatic heterocycles. The normalized spacial score (nSPS) is 12.6. The van der Waals surface area contributed by atoms with Crippen molar-refractivity contribution in [2.75, 3.05) is 4.90 Å². The molecule has 13 aromatic rings. The molecule has 0 atom stereocenters. The molecule has 0 amide bonds. The first-order valence-corrected chi connectivity index (χ1v) is 24.6. The summed E-state index contributed by atoms with van der Waals surface area (Å²) in [5.41, 5.74) is 18.7. The largest absolute Gasteiger partial charge is 0.310 e. The average Bonchev–Trinajstić information content (AvgIpc) is 3.94. The molecule has 2 heteroatoms. The zero-order chi connectivity index (χ0) is 46.9. The molecule has 0 radical (unpaired) electrons. The first-order chi connectivity index (χ1) is 35.2. The van der Waals surface area contributed by atoms with Crippen LogP contribution < -0.4 is 4.90 Å². The Morgan fingerprint density at radius 2 is 0.831 bits per heavy atom. The van der Waals surface area contributed by atoms with Crippen molar-refractivity contribution >= 4 is 60.4 Å². The predicted octanol–water partition coefficient (Wildman–Crippen LogP) is 18.3. The Hall–Kier alpha value is -9.24. The molecule has 332 valence electrons. The molecule has 0 saturated heterocycles. The minimum Gasteiger partial charge on any atom is -0.310 e. The second-order valence-electron chi connectivity index (χ2n) is 18.8. The number of benzene rings is 12. The third-order valence-electron chi connectivity index (χ3n) is 15.1. The fourth-order valence-corrected chi connectivity index (χ4v) is 11.9. The number of nitrogens with zero attached hydrogens (tertiary/aromatic N) is 2. The summed E-state index contributed by atoms with van der Waals surface area (Å²) < 4.78 is 2.38. The molecule has 1 aromatic heterocycles. The van der Waals surface area contributed by atoms with E-state index in [1.165, 1.54) is 99.0 Å². The predicted molar refractivity (Wildman–Crippen MR) is 299 cm³/mol. The minimum absolute atomic E-state index is 0.523. The van der Waals surface area contributed by atoms with Gasteiger partial charge in [0.15, 0.2) is 0 Å². The molecular weight excluding hydrogens is 857 g/mol. The van der Waals surface area contributed by atoms with Gasteiger partial charge in [-0.25, -0.2) is 0 Å². The molecule has 0 bridgehead atoms. The van der Waals surface area contributed by atoms with Gasteiger partial charge in [-0.15, -0.1) is 0 Å². The van der Waals surface area contributed by atoms with Crippen LogP contribution in [0.15, 0.2) is 279 Å². The second-order valence-corrected chi connectivity index (χ2v) is 18.8. The van der Waals surface area contributed by atoms with Gasteiger partial charge in [0, 0.05) is 33.5 Å². The van der Waals surface area contributed by atoms with E-state index in [1.807, 2.05) is 0 Å². The van der Waals surface area contributed by atoms with Gasteiger partial charge in [0.2, 0.25) is 0 Å². The van der Waals surface area contributed by atoms with E-state index in [2.05, 4.69) is 289 Å². The number of rotatable bonds is 8. The van der Waals surface area contributed by atoms with Gasteiger partial charge in [-0.3, -0.25) is 0 Å². The Morgan fingerprint density at radius 3 is 1.58 bits per heavy atom. The first kappa shape index (κ1) is 40.8. The van der Waals surface area contributed by atoms with Crippen molar-refractivity contribution in [1.82, 2.24) is 4.57 Å². The zero-order valence-electron chi connectivity index (χ0n) is 39.0. The topological polar surface area (TPSA) is 8.17 Å². The number of fused-ring (bicyclic) bond motifs is 9. The fourth-order valence-electron chi connectivity index (χ4n) is 11.9. The highest BCUT2D eigenvalue weighted by Crippen LogP contribution is 2.57. The fraction of sp³-hybridized carbons (Fsp3) is 0.0145. The highest BCUT2D eigenvalue weighted by molar-refractivity contribution is 6.12. The third-order valence-corrected chi connectivity index (χ3v) is 15.1. The number of anilines is 3. The van der Waals surface area contributed by atoms with Crippen molar-refractivity contribution in [3.05, 3.63) is 301 Å². The summed E-state index contributed by atoms with van der Waals surface area (Å²) in [5.74, 6) is 0. The number of hydrogen-bond acceptors (Lipinski definition) is 1. The van der Waals surface area contributed by atoms with Crippen LogP contribution in [0.4, 0.5) is 17.1 Å². The molecule has 1 heterocycles. The smallest absolute Gasteiger partial charge is 0.0714 e. The molecular formula is C69H46N2. The van der Waals surface area contributed by atoms with Crippen LogP contribution in [0.5, 0.6) is 0 Å². The summed E-state index contributed by atoms with van der Waals surface area (Å²) >= 11 is 0. The molecule has 0 saturated carbocycles. The van der Waals surface area contributed by atoms with Gasteiger partial charge in [-0.05, 0) is 144 Å². The lowest BCUT2D eigenvalue weighted by molar-refractivity contribution is 0.768. The SMILES string of the molecule is c1ccc(-n2c3ccccc3c3cc(-c4ccc(N(c5ccc(-c6cccc7c6ccc6ccccc67)cc5)c5ccc6c(c5)C(c5ccccc5)(c5ccccc5)c5ccccc5-6)cc4)ccc32)cc1. The molecule has 2 nitrogen and oxygen atoms in total. The van der Waals surface area contributed by atoms with Gasteiger partial charge in [-0.2, -0.15) is 0 Å². The van der Waals surface area contributed by atoms with Crippen LogP contribution in [0.1, 0.15) is 22.3 Å². The monoisotopic (exact) mass is 902 g/mol. The lowest BCUT2D eigenvalue weighted by Crippen LogP contribution is -2.28. The lowest BCUT2D eigenvalue weighted by Gasteiger charge is -2.35. The van der Waals surface area contributed by atoms with Crippen molar-refractivity contribution < 1.29 is 0 Å². The van der Waals surface area contributed by atoms with Crippen LogP contribution in [0, 0.1) is 0 Å². The van der Waals surface area contributed by atoms with Crippen molar-refractivity contribution in [2.24, 2.45) is 0 Å². The van der Waals surface area contributed by atoms with E-state index in [0.717, 1.165) is 22.7 Å². The quantitative estimate of drug-likeness (QED) is 0.138. The van der Waals surface area contributed by atoms with Crippen LogP contribution in [0.3, 0.4) is 0 Å². The summed E-state index contributed by atoms with van der Waals surface area (Å²) in [7, 11) is 0. The summed E-state index contributed by atoms with van der Waals surface area (Å²) in [6.45, 7) is 0. The van der Waals surface area contributed by atoms with Crippen molar-refractivity contribution in [2.45, 2.75) is 5.41 Å². The molecule has 14 rings (SSSR count). The zero-order valence-corrected chi connectivity index (χ0v) is 39.0. The Morgan fingerprint density at radius 1 is 0.282 bits per heavy atom. The third kappa shape index (κ3) is 6.42. The van der Waals surface area contributed by atoms with Gasteiger partial charge in [0.05, 0.1) is 16.4 Å². The minimum atomic E-state index is -0.523. The number of para-hydroxylation sites is 2. The van der Waals surface area contributed by atoms with Crippen LogP contribution in [0.2, 0.25) is 0 Å². The molecule has 1 aliphatic rings. The van der Waals surface area contributed by atoms with E-state index < -0.39 is 5.41 Å². The summed E-state index contributed by atoms with van der Waals surface area (Å²) in [6, 6.07) is 103. The van der Waals surface area contributed by atoms with Gasteiger partial charge in [0.1, 0.15) is 0 Å². The van der Waals surface area contributed by atoms with E-state index in [9.17, 15) is 0 Å². The number of aromatic nitrogens is 1. The van der Waals surface area contributed by atoms with E-state index in [-0.39, 0.29) is 0 Å². The summed E-state index contributed by atoms with van der Waals surface area (Å²) in [6.07, 6.45) is 0. The Labute approximate surface area is 413 Å². The maximum absolute atomic E-state index is 2.46. The van der Waals surface area contributed by atoms with Crippen molar-refractivity contribution in [1.29, 1.82) is 0 Å². The van der Waals surface area contributed by atoms with E-state index in [4.69, 9.17) is 0 Å². The second kappa shape index (κ2) is 16.5. The van der Waals surface area contributed by atoms with Crippen molar-refractivity contribution in [3.63, 3.8) is 0 Å². The van der Waals surface area contributed by atoms with E-state index >= 15 is 0 Å². The maximum Gasteiger partial charge on any atom is 0.0714 e. The van der Waals surface area contributed by atoms with Gasteiger partial charge in [0.25, 0.3) is 0 Å². The number of hydrogen-bond donors (Lipinski definition) is 0. The van der Waals surface area contributed by atoms with Crippen molar-refractivity contribution in [3.8, 4) is 39.1 Å². The summed E-state index contributed by atoms with van der Waals surface area (Å²) in [5, 5.41) is 7.55. The molecule has 0 N–H and O–H groups in total. The average molecular weight is 903 g/mol. The highest BCUT2D eigenvalue weighted by atomic mass is 15.1. The molecule has 1 aliphatic carbocycles. The van der Waals surface area contributed by atoms with Gasteiger partial charge >= 0.3 is 0 Å². The van der Waals surface area contributed by atoms with Crippen LogP contribution in [-0.4, -0.2) is 4.57 Å². The van der Waals surface area contributed by atoms with Gasteiger partial charge in [-0.1, -0.05) is 212 Å².